The Labute approximate surface area is 72.1 Å². The molecule has 0 saturated carbocycles. The van der Waals surface area contributed by atoms with Gasteiger partial charge in [0, 0.05) is 12.5 Å². The first-order valence-electron chi connectivity index (χ1n) is 4.35. The summed E-state index contributed by atoms with van der Waals surface area (Å²) in [5, 5.41) is 12.0. The molecule has 0 aliphatic carbocycles. The first-order valence-corrected chi connectivity index (χ1v) is 4.35. The lowest BCUT2D eigenvalue weighted by atomic mass is 9.92. The van der Waals surface area contributed by atoms with Gasteiger partial charge in [0.05, 0.1) is 6.61 Å². The number of hydrogen-bond acceptors (Lipinski definition) is 3. The molecule has 4 nitrogen and oxygen atoms in total. The maximum Gasteiger partial charge on any atom is 0.217 e. The van der Waals surface area contributed by atoms with Crippen LogP contribution in [0.15, 0.2) is 0 Å². The highest BCUT2D eigenvalue weighted by Crippen LogP contribution is 2.16. The number of aliphatic hydroxyl groups excluding tert-OH is 1. The van der Waals surface area contributed by atoms with Gasteiger partial charge < -0.3 is 16.2 Å². The van der Waals surface area contributed by atoms with E-state index in [4.69, 9.17) is 10.8 Å². The molecular weight excluding hydrogens is 156 g/mol. The third kappa shape index (κ3) is 2.79. The highest BCUT2D eigenvalue weighted by atomic mass is 16.3. The van der Waals surface area contributed by atoms with Crippen LogP contribution < -0.4 is 11.1 Å². The van der Waals surface area contributed by atoms with Crippen molar-refractivity contribution in [2.24, 2.45) is 11.7 Å². The van der Waals surface area contributed by atoms with Gasteiger partial charge in [0.15, 0.2) is 0 Å². The predicted molar refractivity (Wildman–Crippen MR) is 45.4 cm³/mol. The number of piperidine rings is 1. The summed E-state index contributed by atoms with van der Waals surface area (Å²) >= 11 is 0. The van der Waals surface area contributed by atoms with Gasteiger partial charge in [-0.2, -0.15) is 0 Å². The molecule has 12 heavy (non-hydrogen) atoms. The number of rotatable bonds is 3. The van der Waals surface area contributed by atoms with Crippen molar-refractivity contribution in [2.45, 2.75) is 25.3 Å². The number of aliphatic hydroxyl groups is 1. The predicted octanol–water partition coefficient (Wildman–Crippen LogP) is -0.778. The van der Waals surface area contributed by atoms with E-state index in [9.17, 15) is 4.79 Å². The van der Waals surface area contributed by atoms with Crippen molar-refractivity contribution in [1.82, 2.24) is 5.32 Å². The minimum atomic E-state index is -0.232. The molecule has 1 amide bonds. The molecule has 0 spiro atoms. The van der Waals surface area contributed by atoms with E-state index in [0.29, 0.717) is 12.3 Å². The molecular formula is C8H16N2O2. The molecule has 0 aromatic carbocycles. The van der Waals surface area contributed by atoms with E-state index >= 15 is 0 Å². The van der Waals surface area contributed by atoms with Crippen LogP contribution >= 0.6 is 0 Å². The third-order valence-electron chi connectivity index (χ3n) is 2.33. The lowest BCUT2D eigenvalue weighted by Crippen LogP contribution is -2.42. The number of amides is 1. The molecule has 0 aromatic rings. The smallest absolute Gasteiger partial charge is 0.217 e. The molecule has 0 bridgehead atoms. The normalized spacial score (nSPS) is 30.1. The van der Waals surface area contributed by atoms with E-state index in [0.717, 1.165) is 19.4 Å². The van der Waals surface area contributed by atoms with Crippen molar-refractivity contribution in [1.29, 1.82) is 0 Å². The Bertz CT molecular complexity index is 153. The summed E-state index contributed by atoms with van der Waals surface area (Å²) in [6.07, 6.45) is 2.39. The number of nitrogens with one attached hydrogen (secondary N) is 1. The maximum absolute atomic E-state index is 10.6. The SMILES string of the molecule is NC(=O)CC1CCC(CO)NC1. The van der Waals surface area contributed by atoms with Crippen LogP contribution in [-0.2, 0) is 4.79 Å². The second-order valence-electron chi connectivity index (χ2n) is 3.40. The van der Waals surface area contributed by atoms with Crippen molar-refractivity contribution in [3.8, 4) is 0 Å². The zero-order valence-corrected chi connectivity index (χ0v) is 7.12. The number of carbonyl (C=O) groups excluding carboxylic acids is 1. The summed E-state index contributed by atoms with van der Waals surface area (Å²) < 4.78 is 0. The van der Waals surface area contributed by atoms with Gasteiger partial charge >= 0.3 is 0 Å². The van der Waals surface area contributed by atoms with Crippen molar-refractivity contribution in [2.75, 3.05) is 13.2 Å². The average Bonchev–Trinajstić information content (AvgIpc) is 2.05. The fourth-order valence-corrected chi connectivity index (χ4v) is 1.59. The Morgan fingerprint density at radius 3 is 2.75 bits per heavy atom. The van der Waals surface area contributed by atoms with Crippen LogP contribution in [0.25, 0.3) is 0 Å². The van der Waals surface area contributed by atoms with Crippen LogP contribution in [0, 0.1) is 5.92 Å². The van der Waals surface area contributed by atoms with Crippen molar-refractivity contribution in [3.63, 3.8) is 0 Å². The quantitative estimate of drug-likeness (QED) is 0.523. The fraction of sp³-hybridized carbons (Fsp3) is 0.875. The Morgan fingerprint density at radius 2 is 2.33 bits per heavy atom. The van der Waals surface area contributed by atoms with Gasteiger partial charge in [0.1, 0.15) is 0 Å². The van der Waals surface area contributed by atoms with Gasteiger partial charge in [-0.25, -0.2) is 0 Å². The van der Waals surface area contributed by atoms with Crippen LogP contribution in [-0.4, -0.2) is 30.2 Å². The third-order valence-corrected chi connectivity index (χ3v) is 2.33. The Balaban J connectivity index is 2.21. The molecule has 1 fully saturated rings. The highest BCUT2D eigenvalue weighted by Gasteiger charge is 2.20. The zero-order valence-electron chi connectivity index (χ0n) is 7.12. The molecule has 2 atom stereocenters. The molecule has 1 saturated heterocycles. The van der Waals surface area contributed by atoms with Gasteiger partial charge in [0.2, 0.25) is 5.91 Å². The Hall–Kier alpha value is -0.610. The van der Waals surface area contributed by atoms with E-state index in [1.807, 2.05) is 0 Å². The molecule has 1 heterocycles. The van der Waals surface area contributed by atoms with Gasteiger partial charge in [-0.1, -0.05) is 0 Å². The number of hydrogen-bond donors (Lipinski definition) is 3. The van der Waals surface area contributed by atoms with E-state index in [2.05, 4.69) is 5.32 Å². The molecule has 1 aliphatic heterocycles. The monoisotopic (exact) mass is 172 g/mol. The first kappa shape index (κ1) is 9.48. The minimum absolute atomic E-state index is 0.184. The van der Waals surface area contributed by atoms with Crippen LogP contribution in [0.3, 0.4) is 0 Å². The van der Waals surface area contributed by atoms with E-state index in [1.165, 1.54) is 0 Å². The number of primary amides is 1. The summed E-state index contributed by atoms with van der Waals surface area (Å²) in [5.74, 6) is 0.134. The average molecular weight is 172 g/mol. The summed E-state index contributed by atoms with van der Waals surface area (Å²) in [5.41, 5.74) is 5.07. The second kappa shape index (κ2) is 4.42. The van der Waals surface area contributed by atoms with Gasteiger partial charge in [-0.3, -0.25) is 4.79 Å². The lowest BCUT2D eigenvalue weighted by molar-refractivity contribution is -0.119. The number of carbonyl (C=O) groups is 1. The largest absolute Gasteiger partial charge is 0.395 e. The summed E-state index contributed by atoms with van der Waals surface area (Å²) in [4.78, 5) is 10.6. The summed E-state index contributed by atoms with van der Waals surface area (Å²) in [7, 11) is 0. The summed E-state index contributed by atoms with van der Waals surface area (Å²) in [6.45, 7) is 0.984. The minimum Gasteiger partial charge on any atom is -0.395 e. The van der Waals surface area contributed by atoms with E-state index < -0.39 is 0 Å². The first-order chi connectivity index (χ1) is 5.72. The second-order valence-corrected chi connectivity index (χ2v) is 3.40. The Kier molecular flexibility index (Phi) is 3.49. The molecule has 2 unspecified atom stereocenters. The van der Waals surface area contributed by atoms with E-state index in [-0.39, 0.29) is 18.6 Å². The van der Waals surface area contributed by atoms with Crippen molar-refractivity contribution >= 4 is 5.91 Å². The lowest BCUT2D eigenvalue weighted by Gasteiger charge is -2.27. The molecule has 1 rings (SSSR count). The van der Waals surface area contributed by atoms with Crippen LogP contribution in [0.5, 0.6) is 0 Å². The van der Waals surface area contributed by atoms with Crippen LogP contribution in [0.1, 0.15) is 19.3 Å². The molecule has 0 aromatic heterocycles. The number of nitrogens with two attached hydrogens (primary N) is 1. The van der Waals surface area contributed by atoms with Gasteiger partial charge in [-0.05, 0) is 25.3 Å². The van der Waals surface area contributed by atoms with Crippen LogP contribution in [0.2, 0.25) is 0 Å². The Morgan fingerprint density at radius 1 is 1.58 bits per heavy atom. The standard InChI is InChI=1S/C8H16N2O2/c9-8(12)3-6-1-2-7(5-11)10-4-6/h6-7,10-11H,1-5H2,(H2,9,12). The highest BCUT2D eigenvalue weighted by molar-refractivity contribution is 5.74. The van der Waals surface area contributed by atoms with Gasteiger partial charge in [0.25, 0.3) is 0 Å². The molecule has 70 valence electrons. The zero-order chi connectivity index (χ0) is 8.97. The van der Waals surface area contributed by atoms with Crippen molar-refractivity contribution in [3.05, 3.63) is 0 Å². The molecule has 4 heteroatoms. The van der Waals surface area contributed by atoms with Crippen molar-refractivity contribution < 1.29 is 9.90 Å². The van der Waals surface area contributed by atoms with E-state index in [1.54, 1.807) is 0 Å². The fourth-order valence-electron chi connectivity index (χ4n) is 1.59. The maximum atomic E-state index is 10.6. The molecule has 1 aliphatic rings. The molecule has 0 radical (unpaired) electrons. The summed E-state index contributed by atoms with van der Waals surface area (Å²) in [6, 6.07) is 0.217. The van der Waals surface area contributed by atoms with Gasteiger partial charge in [-0.15, -0.1) is 0 Å². The van der Waals surface area contributed by atoms with Crippen LogP contribution in [0.4, 0.5) is 0 Å². The topological polar surface area (TPSA) is 75.4 Å². The molecule has 4 N–H and O–H groups in total.